The summed E-state index contributed by atoms with van der Waals surface area (Å²) < 4.78 is 5.18. The summed E-state index contributed by atoms with van der Waals surface area (Å²) in [5.41, 5.74) is 1.26. The zero-order valence-corrected chi connectivity index (χ0v) is 11.3. The summed E-state index contributed by atoms with van der Waals surface area (Å²) in [6, 6.07) is 10.4. The average molecular weight is 285 g/mol. The molecule has 0 unspecified atom stereocenters. The molecule has 0 saturated heterocycles. The summed E-state index contributed by atoms with van der Waals surface area (Å²) in [6.45, 7) is 0.493. The normalized spacial score (nSPS) is 10.7. The van der Waals surface area contributed by atoms with Gasteiger partial charge in [-0.05, 0) is 35.9 Å². The van der Waals surface area contributed by atoms with Gasteiger partial charge in [-0.1, -0.05) is 12.1 Å². The van der Waals surface area contributed by atoms with Crippen LogP contribution < -0.4 is 5.32 Å². The van der Waals surface area contributed by atoms with E-state index < -0.39 is 5.97 Å². The largest absolute Gasteiger partial charge is 0.478 e. The van der Waals surface area contributed by atoms with Crippen LogP contribution in [0, 0.1) is 0 Å². The van der Waals surface area contributed by atoms with Crippen LogP contribution in [0.25, 0.3) is 6.08 Å². The number of amides is 1. The van der Waals surface area contributed by atoms with Crippen LogP contribution in [0.3, 0.4) is 0 Å². The summed E-state index contributed by atoms with van der Waals surface area (Å²) >= 11 is 0. The summed E-state index contributed by atoms with van der Waals surface area (Å²) in [4.78, 5) is 22.3. The zero-order valence-electron chi connectivity index (χ0n) is 11.3. The molecule has 0 aliphatic rings. The first-order valence-corrected chi connectivity index (χ1v) is 6.47. The fourth-order valence-electron chi connectivity index (χ4n) is 1.77. The van der Waals surface area contributed by atoms with Gasteiger partial charge in [0.2, 0.25) is 0 Å². The van der Waals surface area contributed by atoms with Crippen LogP contribution in [0.15, 0.2) is 53.2 Å². The number of carboxylic acid groups (broad SMARTS) is 1. The first-order valence-electron chi connectivity index (χ1n) is 6.47. The summed E-state index contributed by atoms with van der Waals surface area (Å²) in [6.07, 6.45) is 4.76. The maximum Gasteiger partial charge on any atom is 0.328 e. The lowest BCUT2D eigenvalue weighted by atomic mass is 10.1. The second-order valence-electron chi connectivity index (χ2n) is 4.38. The van der Waals surface area contributed by atoms with Crippen LogP contribution >= 0.6 is 0 Å². The number of hydrogen-bond donors (Lipinski definition) is 2. The number of benzene rings is 1. The fraction of sp³-hybridized carbons (Fsp3) is 0.125. The molecule has 0 fully saturated rings. The standard InChI is InChI=1S/C16H15NO4/c18-15(19)8-5-12-3-6-13(7-4-12)16(20)17-10-9-14-2-1-11-21-14/h1-8,11H,9-10H2,(H,17,20)(H,18,19). The number of hydrogen-bond acceptors (Lipinski definition) is 3. The molecule has 0 bridgehead atoms. The topological polar surface area (TPSA) is 79.5 Å². The minimum absolute atomic E-state index is 0.171. The van der Waals surface area contributed by atoms with Crippen LogP contribution in [0.1, 0.15) is 21.7 Å². The van der Waals surface area contributed by atoms with Crippen molar-refractivity contribution in [3.63, 3.8) is 0 Å². The Morgan fingerprint density at radius 3 is 2.57 bits per heavy atom. The molecule has 2 N–H and O–H groups in total. The lowest BCUT2D eigenvalue weighted by Gasteiger charge is -2.04. The van der Waals surface area contributed by atoms with Crippen LogP contribution in [0.2, 0.25) is 0 Å². The number of furan rings is 1. The third-order valence-corrected chi connectivity index (χ3v) is 2.83. The Labute approximate surface area is 121 Å². The molecule has 1 aromatic carbocycles. The quantitative estimate of drug-likeness (QED) is 0.798. The minimum Gasteiger partial charge on any atom is -0.478 e. The Kier molecular flexibility index (Phi) is 4.93. The molecule has 1 heterocycles. The molecule has 1 amide bonds. The highest BCUT2D eigenvalue weighted by Gasteiger charge is 2.05. The van der Waals surface area contributed by atoms with Crippen molar-refractivity contribution in [2.75, 3.05) is 6.54 Å². The number of aliphatic carboxylic acids is 1. The third kappa shape index (κ3) is 4.65. The molecule has 1 aromatic heterocycles. The second kappa shape index (κ2) is 7.09. The zero-order chi connectivity index (χ0) is 15.1. The summed E-state index contributed by atoms with van der Waals surface area (Å²) in [5, 5.41) is 11.3. The molecule has 0 radical (unpaired) electrons. The van der Waals surface area contributed by atoms with Gasteiger partial charge in [0, 0.05) is 24.6 Å². The highest BCUT2D eigenvalue weighted by molar-refractivity contribution is 5.94. The van der Waals surface area contributed by atoms with Crippen molar-refractivity contribution >= 4 is 18.0 Å². The van der Waals surface area contributed by atoms with E-state index >= 15 is 0 Å². The average Bonchev–Trinajstić information content (AvgIpc) is 2.99. The predicted octanol–water partition coefficient (Wildman–Crippen LogP) is 2.35. The number of carboxylic acids is 1. The van der Waals surface area contributed by atoms with E-state index in [9.17, 15) is 9.59 Å². The van der Waals surface area contributed by atoms with Crippen molar-refractivity contribution < 1.29 is 19.1 Å². The van der Waals surface area contributed by atoms with E-state index in [4.69, 9.17) is 9.52 Å². The fourth-order valence-corrected chi connectivity index (χ4v) is 1.77. The number of carbonyl (C=O) groups excluding carboxylic acids is 1. The van der Waals surface area contributed by atoms with Crippen molar-refractivity contribution in [1.29, 1.82) is 0 Å². The molecule has 5 nitrogen and oxygen atoms in total. The lowest BCUT2D eigenvalue weighted by Crippen LogP contribution is -2.25. The molecule has 2 rings (SSSR count). The van der Waals surface area contributed by atoms with Gasteiger partial charge in [0.15, 0.2) is 0 Å². The van der Waals surface area contributed by atoms with Gasteiger partial charge in [-0.25, -0.2) is 4.79 Å². The van der Waals surface area contributed by atoms with E-state index in [0.717, 1.165) is 17.4 Å². The predicted molar refractivity (Wildman–Crippen MR) is 77.9 cm³/mol. The van der Waals surface area contributed by atoms with Gasteiger partial charge in [-0.15, -0.1) is 0 Å². The molecule has 5 heteroatoms. The van der Waals surface area contributed by atoms with Gasteiger partial charge in [-0.2, -0.15) is 0 Å². The first kappa shape index (κ1) is 14.6. The third-order valence-electron chi connectivity index (χ3n) is 2.83. The first-order chi connectivity index (χ1) is 10.1. The van der Waals surface area contributed by atoms with Crippen LogP contribution in [0.5, 0.6) is 0 Å². The number of rotatable bonds is 6. The van der Waals surface area contributed by atoms with Crippen LogP contribution in [-0.2, 0) is 11.2 Å². The minimum atomic E-state index is -1.00. The molecular formula is C16H15NO4. The van der Waals surface area contributed by atoms with E-state index in [1.54, 1.807) is 36.6 Å². The van der Waals surface area contributed by atoms with Gasteiger partial charge in [-0.3, -0.25) is 4.79 Å². The van der Waals surface area contributed by atoms with E-state index in [1.807, 2.05) is 6.07 Å². The van der Waals surface area contributed by atoms with E-state index in [1.165, 1.54) is 6.08 Å². The second-order valence-corrected chi connectivity index (χ2v) is 4.38. The van der Waals surface area contributed by atoms with E-state index in [2.05, 4.69) is 5.32 Å². The lowest BCUT2D eigenvalue weighted by molar-refractivity contribution is -0.131. The summed E-state index contributed by atoms with van der Waals surface area (Å²) in [5.74, 6) is -0.352. The summed E-state index contributed by atoms with van der Waals surface area (Å²) in [7, 11) is 0. The molecule has 108 valence electrons. The number of nitrogens with one attached hydrogen (secondary N) is 1. The van der Waals surface area contributed by atoms with Crippen molar-refractivity contribution in [2.45, 2.75) is 6.42 Å². The number of carbonyl (C=O) groups is 2. The molecule has 21 heavy (non-hydrogen) atoms. The monoisotopic (exact) mass is 285 g/mol. The van der Waals surface area contributed by atoms with Gasteiger partial charge >= 0.3 is 5.97 Å². The maximum absolute atomic E-state index is 11.9. The smallest absolute Gasteiger partial charge is 0.328 e. The van der Waals surface area contributed by atoms with Crippen molar-refractivity contribution in [3.8, 4) is 0 Å². The molecule has 0 aliphatic carbocycles. The highest BCUT2D eigenvalue weighted by atomic mass is 16.4. The molecule has 0 saturated carbocycles. The van der Waals surface area contributed by atoms with E-state index in [-0.39, 0.29) is 5.91 Å². The van der Waals surface area contributed by atoms with Crippen LogP contribution in [0.4, 0.5) is 0 Å². The van der Waals surface area contributed by atoms with Crippen LogP contribution in [-0.4, -0.2) is 23.5 Å². The molecule has 2 aromatic rings. The van der Waals surface area contributed by atoms with Crippen molar-refractivity contribution in [1.82, 2.24) is 5.32 Å². The molecule has 0 spiro atoms. The molecule has 0 aliphatic heterocycles. The Balaban J connectivity index is 1.86. The van der Waals surface area contributed by atoms with Gasteiger partial charge in [0.1, 0.15) is 5.76 Å². The Hall–Kier alpha value is -2.82. The van der Waals surface area contributed by atoms with Gasteiger partial charge in [0.25, 0.3) is 5.91 Å². The SMILES string of the molecule is O=C(O)C=Cc1ccc(C(=O)NCCc2ccco2)cc1. The van der Waals surface area contributed by atoms with Gasteiger partial charge < -0.3 is 14.8 Å². The van der Waals surface area contributed by atoms with Crippen molar-refractivity contribution in [2.24, 2.45) is 0 Å². The Morgan fingerprint density at radius 2 is 1.95 bits per heavy atom. The molecule has 0 atom stereocenters. The Morgan fingerprint density at radius 1 is 1.19 bits per heavy atom. The highest BCUT2D eigenvalue weighted by Crippen LogP contribution is 2.06. The van der Waals surface area contributed by atoms with Crippen molar-refractivity contribution in [3.05, 3.63) is 65.6 Å². The Bertz CT molecular complexity index is 627. The maximum atomic E-state index is 11.9. The molecular weight excluding hydrogens is 270 g/mol. The van der Waals surface area contributed by atoms with E-state index in [0.29, 0.717) is 18.5 Å². The van der Waals surface area contributed by atoms with Gasteiger partial charge in [0.05, 0.1) is 6.26 Å².